The first-order valence-corrected chi connectivity index (χ1v) is 7.58. The number of aryl methyl sites for hydroxylation is 1. The largest absolute Gasteiger partial charge is 0.382 e. The molecule has 6 nitrogen and oxygen atoms in total. The van der Waals surface area contributed by atoms with Crippen molar-refractivity contribution in [1.29, 1.82) is 0 Å². The van der Waals surface area contributed by atoms with E-state index in [2.05, 4.69) is 27.5 Å². The summed E-state index contributed by atoms with van der Waals surface area (Å²) >= 11 is 0. The minimum Gasteiger partial charge on any atom is -0.382 e. The maximum Gasteiger partial charge on any atom is 0.134 e. The molecule has 21 heavy (non-hydrogen) atoms. The van der Waals surface area contributed by atoms with Crippen molar-refractivity contribution in [2.75, 3.05) is 51.2 Å². The third-order valence-corrected chi connectivity index (χ3v) is 3.18. The van der Waals surface area contributed by atoms with Gasteiger partial charge < -0.3 is 20.1 Å². The van der Waals surface area contributed by atoms with Gasteiger partial charge in [-0.15, -0.1) is 0 Å². The Morgan fingerprint density at radius 1 is 1.05 bits per heavy atom. The predicted molar refractivity (Wildman–Crippen MR) is 86.1 cm³/mol. The first-order valence-electron chi connectivity index (χ1n) is 7.58. The van der Waals surface area contributed by atoms with Crippen molar-refractivity contribution in [3.8, 4) is 0 Å². The Kier molecular flexibility index (Phi) is 8.69. The summed E-state index contributed by atoms with van der Waals surface area (Å²) < 4.78 is 10.4. The van der Waals surface area contributed by atoms with E-state index < -0.39 is 0 Å². The normalized spacial score (nSPS) is 10.7. The molecular weight excluding hydrogens is 268 g/mol. The van der Waals surface area contributed by atoms with E-state index >= 15 is 0 Å². The molecule has 0 radical (unpaired) electrons. The molecule has 2 N–H and O–H groups in total. The Bertz CT molecular complexity index is 413. The van der Waals surface area contributed by atoms with Crippen LogP contribution in [0.25, 0.3) is 0 Å². The van der Waals surface area contributed by atoms with Crippen LogP contribution in [0.2, 0.25) is 0 Å². The van der Waals surface area contributed by atoms with E-state index in [-0.39, 0.29) is 0 Å². The molecule has 1 rings (SSSR count). The van der Waals surface area contributed by atoms with Crippen LogP contribution in [0.3, 0.4) is 0 Å². The Morgan fingerprint density at radius 2 is 1.81 bits per heavy atom. The van der Waals surface area contributed by atoms with Crippen molar-refractivity contribution in [3.05, 3.63) is 11.4 Å². The lowest BCUT2D eigenvalue weighted by molar-refractivity contribution is 0.0691. The van der Waals surface area contributed by atoms with Crippen LogP contribution >= 0.6 is 0 Å². The number of ether oxygens (including phenoxy) is 2. The van der Waals surface area contributed by atoms with Gasteiger partial charge in [0.1, 0.15) is 17.5 Å². The van der Waals surface area contributed by atoms with Crippen LogP contribution < -0.4 is 10.6 Å². The minimum atomic E-state index is 0.658. The van der Waals surface area contributed by atoms with Crippen LogP contribution in [0.5, 0.6) is 0 Å². The van der Waals surface area contributed by atoms with E-state index in [0.29, 0.717) is 13.2 Å². The second-order valence-electron chi connectivity index (χ2n) is 4.80. The lowest BCUT2D eigenvalue weighted by atomic mass is 10.2. The van der Waals surface area contributed by atoms with E-state index in [9.17, 15) is 0 Å². The molecular formula is C15H28N4O2. The van der Waals surface area contributed by atoms with E-state index in [1.165, 1.54) is 0 Å². The number of unbranched alkanes of at least 4 members (excludes halogenated alkanes) is 1. The SMILES string of the molecule is CCc1nc(NC)c(C)c(NCCCCOCCOC)n1. The van der Waals surface area contributed by atoms with Crippen LogP contribution in [0.4, 0.5) is 11.6 Å². The van der Waals surface area contributed by atoms with Crippen LogP contribution in [0, 0.1) is 6.92 Å². The molecule has 0 fully saturated rings. The average Bonchev–Trinajstić information content (AvgIpc) is 2.51. The molecule has 0 unspecified atom stereocenters. The molecule has 120 valence electrons. The molecule has 0 aromatic carbocycles. The summed E-state index contributed by atoms with van der Waals surface area (Å²) in [6.45, 7) is 7.07. The zero-order chi connectivity index (χ0) is 15.5. The number of methoxy groups -OCH3 is 1. The van der Waals surface area contributed by atoms with E-state index in [1.807, 2.05) is 14.0 Å². The molecule has 0 saturated carbocycles. The summed E-state index contributed by atoms with van der Waals surface area (Å²) in [6, 6.07) is 0. The monoisotopic (exact) mass is 296 g/mol. The minimum absolute atomic E-state index is 0.658. The number of nitrogens with one attached hydrogen (secondary N) is 2. The third kappa shape index (κ3) is 6.27. The highest BCUT2D eigenvalue weighted by Gasteiger charge is 2.08. The number of anilines is 2. The molecule has 0 saturated heterocycles. The van der Waals surface area contributed by atoms with Gasteiger partial charge in [0.2, 0.25) is 0 Å². The molecule has 0 atom stereocenters. The second-order valence-corrected chi connectivity index (χ2v) is 4.80. The Balaban J connectivity index is 2.34. The molecule has 1 aromatic heterocycles. The van der Waals surface area contributed by atoms with Gasteiger partial charge in [0.15, 0.2) is 0 Å². The van der Waals surface area contributed by atoms with Gasteiger partial charge in [-0.05, 0) is 19.8 Å². The predicted octanol–water partition coefficient (Wildman–Crippen LogP) is 2.24. The molecule has 6 heteroatoms. The van der Waals surface area contributed by atoms with Crippen molar-refractivity contribution in [2.24, 2.45) is 0 Å². The van der Waals surface area contributed by atoms with Crippen LogP contribution in [-0.4, -0.2) is 50.5 Å². The number of nitrogens with zero attached hydrogens (tertiary/aromatic N) is 2. The first-order chi connectivity index (χ1) is 10.2. The van der Waals surface area contributed by atoms with Gasteiger partial charge in [-0.3, -0.25) is 0 Å². The number of hydrogen-bond acceptors (Lipinski definition) is 6. The van der Waals surface area contributed by atoms with Crippen molar-refractivity contribution in [1.82, 2.24) is 9.97 Å². The fourth-order valence-corrected chi connectivity index (χ4v) is 1.92. The molecule has 0 amide bonds. The van der Waals surface area contributed by atoms with E-state index in [4.69, 9.17) is 9.47 Å². The summed E-state index contributed by atoms with van der Waals surface area (Å²) in [4.78, 5) is 9.01. The van der Waals surface area contributed by atoms with Crippen molar-refractivity contribution < 1.29 is 9.47 Å². The van der Waals surface area contributed by atoms with Gasteiger partial charge in [-0.1, -0.05) is 6.92 Å². The first kappa shape index (κ1) is 17.7. The lowest BCUT2D eigenvalue weighted by Gasteiger charge is -2.13. The standard InChI is InChI=1S/C15H28N4O2/c1-5-13-18-14(16-3)12(2)15(19-13)17-8-6-7-9-21-11-10-20-4/h5-11H2,1-4H3,(H2,16,17,18,19). The lowest BCUT2D eigenvalue weighted by Crippen LogP contribution is -2.11. The maximum absolute atomic E-state index is 5.43. The second kappa shape index (κ2) is 10.3. The molecule has 0 aliphatic rings. The molecule has 1 aromatic rings. The van der Waals surface area contributed by atoms with Crippen molar-refractivity contribution in [2.45, 2.75) is 33.1 Å². The van der Waals surface area contributed by atoms with E-state index in [0.717, 1.165) is 55.4 Å². The van der Waals surface area contributed by atoms with Gasteiger partial charge in [0.05, 0.1) is 13.2 Å². The zero-order valence-electron chi connectivity index (χ0n) is 13.7. The van der Waals surface area contributed by atoms with Crippen LogP contribution in [-0.2, 0) is 15.9 Å². The topological polar surface area (TPSA) is 68.3 Å². The Labute approximate surface area is 127 Å². The summed E-state index contributed by atoms with van der Waals surface area (Å²) in [5.41, 5.74) is 1.06. The fraction of sp³-hybridized carbons (Fsp3) is 0.733. The highest BCUT2D eigenvalue weighted by atomic mass is 16.5. The Morgan fingerprint density at radius 3 is 2.48 bits per heavy atom. The zero-order valence-corrected chi connectivity index (χ0v) is 13.7. The van der Waals surface area contributed by atoms with Crippen molar-refractivity contribution in [3.63, 3.8) is 0 Å². The number of hydrogen-bond donors (Lipinski definition) is 2. The van der Waals surface area contributed by atoms with Crippen LogP contribution in [0.1, 0.15) is 31.2 Å². The van der Waals surface area contributed by atoms with Crippen LogP contribution in [0.15, 0.2) is 0 Å². The maximum atomic E-state index is 5.43. The van der Waals surface area contributed by atoms with Gasteiger partial charge in [0, 0.05) is 39.3 Å². The number of rotatable bonds is 11. The molecule has 0 bridgehead atoms. The van der Waals surface area contributed by atoms with Gasteiger partial charge in [0.25, 0.3) is 0 Å². The average molecular weight is 296 g/mol. The summed E-state index contributed by atoms with van der Waals surface area (Å²) in [6.07, 6.45) is 2.91. The molecule has 0 spiro atoms. The molecule has 0 aliphatic carbocycles. The summed E-state index contributed by atoms with van der Waals surface area (Å²) in [5, 5.41) is 6.51. The quantitative estimate of drug-likeness (QED) is 0.610. The van der Waals surface area contributed by atoms with Gasteiger partial charge >= 0.3 is 0 Å². The molecule has 1 heterocycles. The van der Waals surface area contributed by atoms with Crippen molar-refractivity contribution >= 4 is 11.6 Å². The highest BCUT2D eigenvalue weighted by molar-refractivity contribution is 5.56. The van der Waals surface area contributed by atoms with Gasteiger partial charge in [-0.25, -0.2) is 9.97 Å². The number of aromatic nitrogens is 2. The smallest absolute Gasteiger partial charge is 0.134 e. The summed E-state index contributed by atoms with van der Waals surface area (Å²) in [5.74, 6) is 2.68. The third-order valence-electron chi connectivity index (χ3n) is 3.18. The Hall–Kier alpha value is -1.40. The fourth-order valence-electron chi connectivity index (χ4n) is 1.92. The van der Waals surface area contributed by atoms with E-state index in [1.54, 1.807) is 7.11 Å². The highest BCUT2D eigenvalue weighted by Crippen LogP contribution is 2.19. The van der Waals surface area contributed by atoms with Gasteiger partial charge in [-0.2, -0.15) is 0 Å². The summed E-state index contributed by atoms with van der Waals surface area (Å²) in [7, 11) is 3.57. The molecule has 0 aliphatic heterocycles.